The SMILES string of the molecule is CCNC(=NCC(C)C(=O)OC)NCC(c1ccc(OC)cc1)N1CCOCC1.I. The predicted octanol–water partition coefficient (Wildman–Crippen LogP) is 2.05. The van der Waals surface area contributed by atoms with Crippen LogP contribution >= 0.6 is 24.0 Å². The molecule has 30 heavy (non-hydrogen) atoms. The Morgan fingerprint density at radius 2 is 1.87 bits per heavy atom. The molecule has 0 amide bonds. The zero-order valence-corrected chi connectivity index (χ0v) is 20.7. The Bertz CT molecular complexity index is 651. The van der Waals surface area contributed by atoms with Gasteiger partial charge in [-0.2, -0.15) is 0 Å². The van der Waals surface area contributed by atoms with Crippen LogP contribution in [-0.2, 0) is 14.3 Å². The number of carbonyl (C=O) groups excluding carboxylic acids is 1. The molecular formula is C21H35IN4O4. The normalized spacial score (nSPS) is 16.7. The van der Waals surface area contributed by atoms with Crippen molar-refractivity contribution in [1.82, 2.24) is 15.5 Å². The van der Waals surface area contributed by atoms with E-state index >= 15 is 0 Å². The van der Waals surface area contributed by atoms with Gasteiger partial charge in [0.2, 0.25) is 0 Å². The minimum Gasteiger partial charge on any atom is -0.497 e. The van der Waals surface area contributed by atoms with E-state index in [-0.39, 0.29) is 41.9 Å². The second kappa shape index (κ2) is 14.4. The molecule has 0 spiro atoms. The highest BCUT2D eigenvalue weighted by atomic mass is 127. The van der Waals surface area contributed by atoms with Gasteiger partial charge >= 0.3 is 5.97 Å². The molecule has 9 heteroatoms. The first-order valence-electron chi connectivity index (χ1n) is 10.1. The number of methoxy groups -OCH3 is 2. The summed E-state index contributed by atoms with van der Waals surface area (Å²) in [6.45, 7) is 8.85. The van der Waals surface area contributed by atoms with Crippen LogP contribution in [0.2, 0.25) is 0 Å². The third-order valence-corrected chi connectivity index (χ3v) is 4.92. The lowest BCUT2D eigenvalue weighted by Gasteiger charge is -2.35. The van der Waals surface area contributed by atoms with Gasteiger partial charge in [-0.15, -0.1) is 24.0 Å². The molecule has 8 nitrogen and oxygen atoms in total. The van der Waals surface area contributed by atoms with E-state index in [1.165, 1.54) is 12.7 Å². The van der Waals surface area contributed by atoms with Crippen molar-refractivity contribution in [2.24, 2.45) is 10.9 Å². The van der Waals surface area contributed by atoms with E-state index in [4.69, 9.17) is 14.2 Å². The zero-order chi connectivity index (χ0) is 21.1. The fourth-order valence-electron chi connectivity index (χ4n) is 3.21. The number of halogens is 1. The van der Waals surface area contributed by atoms with Crippen molar-refractivity contribution in [2.45, 2.75) is 19.9 Å². The second-order valence-electron chi connectivity index (χ2n) is 6.96. The zero-order valence-electron chi connectivity index (χ0n) is 18.3. The molecule has 1 aliphatic heterocycles. The van der Waals surface area contributed by atoms with Crippen molar-refractivity contribution >= 4 is 35.9 Å². The quantitative estimate of drug-likeness (QED) is 0.217. The van der Waals surface area contributed by atoms with Gasteiger partial charge in [0.15, 0.2) is 5.96 Å². The molecular weight excluding hydrogens is 499 g/mol. The van der Waals surface area contributed by atoms with E-state index in [1.807, 2.05) is 26.0 Å². The smallest absolute Gasteiger partial charge is 0.310 e. The summed E-state index contributed by atoms with van der Waals surface area (Å²) in [7, 11) is 3.07. The number of ether oxygens (including phenoxy) is 3. The molecule has 1 saturated heterocycles. The number of hydrogen-bond donors (Lipinski definition) is 2. The fourth-order valence-corrected chi connectivity index (χ4v) is 3.21. The number of rotatable bonds is 9. The lowest BCUT2D eigenvalue weighted by Crippen LogP contribution is -2.46. The second-order valence-corrected chi connectivity index (χ2v) is 6.96. The molecule has 0 bridgehead atoms. The largest absolute Gasteiger partial charge is 0.497 e. The number of guanidine groups is 1. The highest BCUT2D eigenvalue weighted by Gasteiger charge is 2.23. The van der Waals surface area contributed by atoms with Gasteiger partial charge < -0.3 is 24.8 Å². The number of nitrogens with one attached hydrogen (secondary N) is 2. The van der Waals surface area contributed by atoms with Crippen LogP contribution in [0.25, 0.3) is 0 Å². The van der Waals surface area contributed by atoms with Gasteiger partial charge in [-0.3, -0.25) is 14.7 Å². The summed E-state index contributed by atoms with van der Waals surface area (Å²) in [6, 6.07) is 8.35. The van der Waals surface area contributed by atoms with Crippen molar-refractivity contribution in [3.63, 3.8) is 0 Å². The molecule has 1 aromatic carbocycles. The van der Waals surface area contributed by atoms with Gasteiger partial charge in [-0.05, 0) is 24.6 Å². The van der Waals surface area contributed by atoms with Crippen molar-refractivity contribution in [3.05, 3.63) is 29.8 Å². The molecule has 2 N–H and O–H groups in total. The van der Waals surface area contributed by atoms with E-state index < -0.39 is 0 Å². The molecule has 2 atom stereocenters. The molecule has 0 saturated carbocycles. The average molecular weight is 534 g/mol. The summed E-state index contributed by atoms with van der Waals surface area (Å²) in [4.78, 5) is 18.6. The molecule has 1 heterocycles. The Hall–Kier alpha value is -1.59. The predicted molar refractivity (Wildman–Crippen MR) is 129 cm³/mol. The van der Waals surface area contributed by atoms with E-state index in [9.17, 15) is 4.79 Å². The van der Waals surface area contributed by atoms with E-state index in [1.54, 1.807) is 7.11 Å². The summed E-state index contributed by atoms with van der Waals surface area (Å²) < 4.78 is 15.6. The molecule has 2 unspecified atom stereocenters. The minimum absolute atomic E-state index is 0. The number of hydrogen-bond acceptors (Lipinski definition) is 6. The Balaban J connectivity index is 0.00000450. The monoisotopic (exact) mass is 534 g/mol. The van der Waals surface area contributed by atoms with Crippen LogP contribution in [0.4, 0.5) is 0 Å². The summed E-state index contributed by atoms with van der Waals surface area (Å²) in [5.74, 6) is 0.991. The molecule has 1 fully saturated rings. The standard InChI is InChI=1S/C21H34N4O4.HI/c1-5-22-21(23-14-16(2)20(26)28-4)24-15-19(25-10-12-29-13-11-25)17-6-8-18(27-3)9-7-17;/h6-9,16,19H,5,10-15H2,1-4H3,(H2,22,23,24);1H. The number of morpholine rings is 1. The van der Waals surface area contributed by atoms with Gasteiger partial charge in [-0.1, -0.05) is 19.1 Å². The third kappa shape index (κ3) is 8.27. The lowest BCUT2D eigenvalue weighted by molar-refractivity contribution is -0.144. The fraction of sp³-hybridized carbons (Fsp3) is 0.619. The van der Waals surface area contributed by atoms with E-state index in [0.717, 1.165) is 38.6 Å². The Morgan fingerprint density at radius 3 is 2.43 bits per heavy atom. The first-order chi connectivity index (χ1) is 14.1. The number of esters is 1. The first kappa shape index (κ1) is 26.4. The first-order valence-corrected chi connectivity index (χ1v) is 10.1. The number of aliphatic imine (C=N–C) groups is 1. The number of nitrogens with zero attached hydrogens (tertiary/aromatic N) is 2. The van der Waals surface area contributed by atoms with E-state index in [2.05, 4.69) is 32.7 Å². The van der Waals surface area contributed by atoms with Gasteiger partial charge in [0.05, 0.1) is 45.9 Å². The molecule has 0 radical (unpaired) electrons. The van der Waals surface area contributed by atoms with Gasteiger partial charge in [-0.25, -0.2) is 0 Å². The Kier molecular flexibility index (Phi) is 12.7. The molecule has 1 aromatic rings. The summed E-state index contributed by atoms with van der Waals surface area (Å²) in [5, 5.41) is 6.68. The van der Waals surface area contributed by atoms with Crippen LogP contribution in [0, 0.1) is 5.92 Å². The summed E-state index contributed by atoms with van der Waals surface area (Å²) in [6.07, 6.45) is 0. The maximum Gasteiger partial charge on any atom is 0.310 e. The third-order valence-electron chi connectivity index (χ3n) is 4.92. The van der Waals surface area contributed by atoms with Crippen LogP contribution in [0.1, 0.15) is 25.5 Å². The average Bonchev–Trinajstić information content (AvgIpc) is 2.77. The van der Waals surface area contributed by atoms with E-state index in [0.29, 0.717) is 19.0 Å². The van der Waals surface area contributed by atoms with Crippen LogP contribution in [0.15, 0.2) is 29.3 Å². The maximum absolute atomic E-state index is 11.6. The van der Waals surface area contributed by atoms with Crippen molar-refractivity contribution in [1.29, 1.82) is 0 Å². The Labute approximate surface area is 196 Å². The van der Waals surface area contributed by atoms with Gasteiger partial charge in [0.1, 0.15) is 5.75 Å². The molecule has 2 rings (SSSR count). The van der Waals surface area contributed by atoms with Crippen LogP contribution in [0.3, 0.4) is 0 Å². The molecule has 170 valence electrons. The van der Waals surface area contributed by atoms with Crippen LogP contribution < -0.4 is 15.4 Å². The van der Waals surface area contributed by atoms with Crippen LogP contribution in [-0.4, -0.2) is 77.0 Å². The highest BCUT2D eigenvalue weighted by Crippen LogP contribution is 2.23. The maximum atomic E-state index is 11.6. The van der Waals surface area contributed by atoms with Crippen molar-refractivity contribution < 1.29 is 19.0 Å². The van der Waals surface area contributed by atoms with Crippen molar-refractivity contribution in [2.75, 3.05) is 60.2 Å². The lowest BCUT2D eigenvalue weighted by atomic mass is 10.0. The summed E-state index contributed by atoms with van der Waals surface area (Å²) in [5.41, 5.74) is 1.21. The number of benzene rings is 1. The minimum atomic E-state index is -0.285. The van der Waals surface area contributed by atoms with Gasteiger partial charge in [0, 0.05) is 26.2 Å². The number of carbonyl (C=O) groups is 1. The summed E-state index contributed by atoms with van der Waals surface area (Å²) >= 11 is 0. The van der Waals surface area contributed by atoms with Gasteiger partial charge in [0.25, 0.3) is 0 Å². The Morgan fingerprint density at radius 1 is 1.20 bits per heavy atom. The topological polar surface area (TPSA) is 84.4 Å². The van der Waals surface area contributed by atoms with Crippen LogP contribution in [0.5, 0.6) is 5.75 Å². The molecule has 0 aliphatic carbocycles. The van der Waals surface area contributed by atoms with Crippen molar-refractivity contribution in [3.8, 4) is 5.75 Å². The highest BCUT2D eigenvalue weighted by molar-refractivity contribution is 14.0. The molecule has 1 aliphatic rings. The molecule has 0 aromatic heterocycles.